The summed E-state index contributed by atoms with van der Waals surface area (Å²) in [5.41, 5.74) is 1.37. The molecule has 2 unspecified atom stereocenters. The summed E-state index contributed by atoms with van der Waals surface area (Å²) in [5.74, 6) is 1.03. The molecule has 0 aliphatic carbocycles. The molecule has 2 aliphatic heterocycles. The van der Waals surface area contributed by atoms with Gasteiger partial charge in [-0.2, -0.15) is 0 Å². The first-order valence-electron chi connectivity index (χ1n) is 10.3. The molecule has 2 saturated heterocycles. The van der Waals surface area contributed by atoms with Crippen LogP contribution in [-0.4, -0.2) is 92.3 Å². The van der Waals surface area contributed by atoms with Crippen LogP contribution >= 0.6 is 0 Å². The Bertz CT molecular complexity index is 593. The van der Waals surface area contributed by atoms with E-state index in [1.807, 2.05) is 0 Å². The summed E-state index contributed by atoms with van der Waals surface area (Å²) >= 11 is 0. The summed E-state index contributed by atoms with van der Waals surface area (Å²) in [6.45, 7) is 12.8. The summed E-state index contributed by atoms with van der Waals surface area (Å²) in [6.07, 6.45) is 0.268. The first kappa shape index (κ1) is 20.1. The minimum absolute atomic E-state index is 0.268. The van der Waals surface area contributed by atoms with Gasteiger partial charge >= 0.3 is 0 Å². The molecule has 2 aliphatic rings. The van der Waals surface area contributed by atoms with Gasteiger partial charge in [-0.25, -0.2) is 0 Å². The number of fused-ring (bicyclic) bond motifs is 1. The molecule has 1 N–H and O–H groups in total. The van der Waals surface area contributed by atoms with Crippen LogP contribution in [0.1, 0.15) is 19.4 Å². The second kappa shape index (κ2) is 10.1. The van der Waals surface area contributed by atoms with E-state index in [4.69, 9.17) is 9.73 Å². The molecule has 150 valence electrons. The Morgan fingerprint density at radius 3 is 2.81 bits per heavy atom. The van der Waals surface area contributed by atoms with Crippen molar-refractivity contribution in [2.24, 2.45) is 4.99 Å². The number of nitrogens with one attached hydrogen (secondary N) is 1. The van der Waals surface area contributed by atoms with E-state index in [9.17, 15) is 0 Å². The van der Waals surface area contributed by atoms with Crippen molar-refractivity contribution in [3.05, 3.63) is 35.9 Å². The summed E-state index contributed by atoms with van der Waals surface area (Å²) in [6, 6.07) is 11.2. The lowest BCUT2D eigenvalue weighted by Crippen LogP contribution is -2.50. The fraction of sp³-hybridized carbons (Fsp3) is 0.667. The number of benzene rings is 1. The standard InChI is InChI=1S/C21H35N5O/c1-4-22-21(23-11-12-24(3)5-2)26-16-19-20(17-26)27-14-13-25(19)15-18-9-7-6-8-10-18/h6-10,19-20H,4-5,11-17H2,1-3H3,(H,22,23). The highest BCUT2D eigenvalue weighted by Crippen LogP contribution is 2.24. The number of likely N-dealkylation sites (N-methyl/N-ethyl adjacent to an activating group) is 1. The third kappa shape index (κ3) is 5.43. The summed E-state index contributed by atoms with van der Waals surface area (Å²) in [5, 5.41) is 3.47. The van der Waals surface area contributed by atoms with Gasteiger partial charge in [0.05, 0.1) is 25.3 Å². The SMILES string of the molecule is CCNC(=NCCN(C)CC)N1CC2OCCN(Cc3ccccc3)C2C1. The molecule has 0 saturated carbocycles. The van der Waals surface area contributed by atoms with Crippen LogP contribution in [0.15, 0.2) is 35.3 Å². The molecule has 1 aromatic rings. The molecule has 2 fully saturated rings. The Balaban J connectivity index is 1.63. The van der Waals surface area contributed by atoms with Gasteiger partial charge in [0, 0.05) is 39.3 Å². The van der Waals surface area contributed by atoms with Crippen molar-refractivity contribution >= 4 is 5.96 Å². The average molecular weight is 374 g/mol. The minimum atomic E-state index is 0.268. The molecule has 27 heavy (non-hydrogen) atoms. The first-order valence-corrected chi connectivity index (χ1v) is 10.3. The number of guanidine groups is 1. The van der Waals surface area contributed by atoms with Crippen LogP contribution < -0.4 is 5.32 Å². The predicted octanol–water partition coefficient (Wildman–Crippen LogP) is 1.49. The Morgan fingerprint density at radius 1 is 1.26 bits per heavy atom. The second-order valence-electron chi connectivity index (χ2n) is 7.47. The van der Waals surface area contributed by atoms with E-state index in [2.05, 4.69) is 71.2 Å². The maximum absolute atomic E-state index is 6.11. The van der Waals surface area contributed by atoms with Crippen molar-refractivity contribution in [2.45, 2.75) is 32.5 Å². The van der Waals surface area contributed by atoms with Crippen LogP contribution in [0.4, 0.5) is 0 Å². The van der Waals surface area contributed by atoms with Crippen LogP contribution in [0.25, 0.3) is 0 Å². The van der Waals surface area contributed by atoms with E-state index in [1.165, 1.54) is 5.56 Å². The third-order valence-electron chi connectivity index (χ3n) is 5.56. The van der Waals surface area contributed by atoms with Crippen LogP contribution in [0.5, 0.6) is 0 Å². The quantitative estimate of drug-likeness (QED) is 0.579. The molecule has 2 atom stereocenters. The summed E-state index contributed by atoms with van der Waals surface area (Å²) in [4.78, 5) is 12.1. The maximum Gasteiger partial charge on any atom is 0.194 e. The fourth-order valence-corrected chi connectivity index (χ4v) is 3.86. The smallest absolute Gasteiger partial charge is 0.194 e. The Labute approximate surface area is 164 Å². The van der Waals surface area contributed by atoms with Gasteiger partial charge in [0.1, 0.15) is 0 Å². The molecule has 0 radical (unpaired) electrons. The van der Waals surface area contributed by atoms with Crippen molar-refractivity contribution in [1.29, 1.82) is 0 Å². The number of ether oxygens (including phenoxy) is 1. The maximum atomic E-state index is 6.11. The predicted molar refractivity (Wildman–Crippen MR) is 111 cm³/mol. The highest BCUT2D eigenvalue weighted by atomic mass is 16.5. The van der Waals surface area contributed by atoms with Crippen LogP contribution in [0.3, 0.4) is 0 Å². The van der Waals surface area contributed by atoms with Gasteiger partial charge in [-0.05, 0) is 26.1 Å². The molecule has 0 aromatic heterocycles. The second-order valence-corrected chi connectivity index (χ2v) is 7.47. The van der Waals surface area contributed by atoms with Gasteiger partial charge in [-0.15, -0.1) is 0 Å². The van der Waals surface area contributed by atoms with Crippen molar-refractivity contribution in [1.82, 2.24) is 20.0 Å². The van der Waals surface area contributed by atoms with Gasteiger partial charge < -0.3 is 19.9 Å². The van der Waals surface area contributed by atoms with E-state index >= 15 is 0 Å². The van der Waals surface area contributed by atoms with Crippen LogP contribution in [-0.2, 0) is 11.3 Å². The number of nitrogens with zero attached hydrogens (tertiary/aromatic N) is 4. The molecule has 3 rings (SSSR count). The third-order valence-corrected chi connectivity index (χ3v) is 5.56. The topological polar surface area (TPSA) is 43.3 Å². The lowest BCUT2D eigenvalue weighted by Gasteiger charge is -2.36. The zero-order chi connectivity index (χ0) is 19.1. The monoisotopic (exact) mass is 373 g/mol. The molecule has 6 nitrogen and oxygen atoms in total. The molecule has 1 aromatic carbocycles. The van der Waals surface area contributed by atoms with Crippen LogP contribution in [0, 0.1) is 0 Å². The largest absolute Gasteiger partial charge is 0.373 e. The molecule has 0 amide bonds. The van der Waals surface area contributed by atoms with Gasteiger partial charge in [-0.3, -0.25) is 9.89 Å². The molecular formula is C21H35N5O. The fourth-order valence-electron chi connectivity index (χ4n) is 3.86. The van der Waals surface area contributed by atoms with Crippen molar-refractivity contribution in [3.8, 4) is 0 Å². The highest BCUT2D eigenvalue weighted by Gasteiger charge is 2.41. The zero-order valence-electron chi connectivity index (χ0n) is 17.1. The lowest BCUT2D eigenvalue weighted by molar-refractivity contribution is -0.0502. The summed E-state index contributed by atoms with van der Waals surface area (Å²) < 4.78 is 6.11. The Hall–Kier alpha value is -1.63. The normalized spacial score (nSPS) is 23.7. The summed E-state index contributed by atoms with van der Waals surface area (Å²) in [7, 11) is 2.14. The number of hydrogen-bond acceptors (Lipinski definition) is 4. The number of aliphatic imine (C=N–C) groups is 1. The number of rotatable bonds is 7. The number of hydrogen-bond donors (Lipinski definition) is 1. The van der Waals surface area contributed by atoms with Crippen LogP contribution in [0.2, 0.25) is 0 Å². The molecule has 0 bridgehead atoms. The highest BCUT2D eigenvalue weighted by molar-refractivity contribution is 5.80. The van der Waals surface area contributed by atoms with E-state index < -0.39 is 0 Å². The van der Waals surface area contributed by atoms with Gasteiger partial charge in [0.25, 0.3) is 0 Å². The lowest BCUT2D eigenvalue weighted by atomic mass is 10.1. The van der Waals surface area contributed by atoms with Crippen molar-refractivity contribution < 1.29 is 4.74 Å². The van der Waals surface area contributed by atoms with Gasteiger partial charge in [-0.1, -0.05) is 37.3 Å². The number of morpholine rings is 1. The first-order chi connectivity index (χ1) is 13.2. The molecule has 0 spiro atoms. The average Bonchev–Trinajstić information content (AvgIpc) is 3.13. The van der Waals surface area contributed by atoms with Crippen molar-refractivity contribution in [2.75, 3.05) is 59.5 Å². The van der Waals surface area contributed by atoms with E-state index in [0.717, 1.165) is 64.9 Å². The molecule has 2 heterocycles. The van der Waals surface area contributed by atoms with Crippen molar-refractivity contribution in [3.63, 3.8) is 0 Å². The minimum Gasteiger partial charge on any atom is -0.373 e. The van der Waals surface area contributed by atoms with Gasteiger partial charge in [0.2, 0.25) is 0 Å². The van der Waals surface area contributed by atoms with E-state index in [0.29, 0.717) is 6.04 Å². The Morgan fingerprint density at radius 2 is 2.07 bits per heavy atom. The molecule has 6 heteroatoms. The Kier molecular flexibility index (Phi) is 7.50. The molecular weight excluding hydrogens is 338 g/mol. The number of likely N-dealkylation sites (tertiary alicyclic amines) is 1. The van der Waals surface area contributed by atoms with Gasteiger partial charge in [0.15, 0.2) is 5.96 Å². The van der Waals surface area contributed by atoms with E-state index in [1.54, 1.807) is 0 Å². The van der Waals surface area contributed by atoms with E-state index in [-0.39, 0.29) is 6.10 Å². The zero-order valence-corrected chi connectivity index (χ0v) is 17.1.